The first kappa shape index (κ1) is 14.2. The first-order valence-corrected chi connectivity index (χ1v) is 8.14. The van der Waals surface area contributed by atoms with Gasteiger partial charge in [-0.3, -0.25) is 4.72 Å². The number of benzene rings is 1. The number of sulfonamides is 1. The van der Waals surface area contributed by atoms with E-state index in [1.807, 2.05) is 6.07 Å². The molecule has 0 fully saturated rings. The maximum absolute atomic E-state index is 12.2. The second-order valence-electron chi connectivity index (χ2n) is 4.56. The van der Waals surface area contributed by atoms with Crippen LogP contribution in [0, 0.1) is 0 Å². The SMILES string of the molecule is O=S(=O)(Cc1ccccc1)Nc1cc(-n2cccn2)ncn1. The largest absolute Gasteiger partial charge is 0.267 e. The molecule has 7 nitrogen and oxygen atoms in total. The molecule has 0 radical (unpaired) electrons. The zero-order chi connectivity index (χ0) is 15.4. The third-order valence-electron chi connectivity index (χ3n) is 2.85. The Morgan fingerprint density at radius 3 is 2.64 bits per heavy atom. The lowest BCUT2D eigenvalue weighted by molar-refractivity contribution is 0.600. The lowest BCUT2D eigenvalue weighted by atomic mass is 10.2. The standard InChI is InChI=1S/C14H13N5O2S/c20-22(21,10-12-5-2-1-3-6-12)18-13-9-14(16-11-15-13)19-8-4-7-17-19/h1-9,11H,10H2,(H,15,16,18). The van der Waals surface area contributed by atoms with Gasteiger partial charge < -0.3 is 0 Å². The Bertz CT molecular complexity index is 848. The first-order valence-electron chi connectivity index (χ1n) is 6.49. The van der Waals surface area contributed by atoms with Crippen LogP contribution in [0.2, 0.25) is 0 Å². The lowest BCUT2D eigenvalue weighted by Gasteiger charge is -2.08. The highest BCUT2D eigenvalue weighted by Gasteiger charge is 2.13. The zero-order valence-corrected chi connectivity index (χ0v) is 12.3. The summed E-state index contributed by atoms with van der Waals surface area (Å²) in [5.74, 6) is 0.573. The van der Waals surface area contributed by atoms with Gasteiger partial charge in [0.2, 0.25) is 10.0 Å². The van der Waals surface area contributed by atoms with Gasteiger partial charge in [-0.15, -0.1) is 0 Å². The van der Waals surface area contributed by atoms with Crippen molar-refractivity contribution in [3.05, 3.63) is 66.7 Å². The van der Waals surface area contributed by atoms with Crippen LogP contribution in [0.3, 0.4) is 0 Å². The maximum Gasteiger partial charge on any atom is 0.238 e. The molecule has 2 aromatic heterocycles. The zero-order valence-electron chi connectivity index (χ0n) is 11.5. The number of hydrogen-bond donors (Lipinski definition) is 1. The predicted octanol–water partition coefficient (Wildman–Crippen LogP) is 1.60. The molecule has 0 amide bonds. The second kappa shape index (κ2) is 5.94. The Labute approximate surface area is 127 Å². The van der Waals surface area contributed by atoms with Gasteiger partial charge in [0.05, 0.1) is 5.75 Å². The van der Waals surface area contributed by atoms with Crippen molar-refractivity contribution in [2.45, 2.75) is 5.75 Å². The molecule has 1 N–H and O–H groups in total. The molecular formula is C14H13N5O2S. The van der Waals surface area contributed by atoms with Crippen molar-refractivity contribution >= 4 is 15.8 Å². The van der Waals surface area contributed by atoms with Crippen molar-refractivity contribution in [1.29, 1.82) is 0 Å². The smallest absolute Gasteiger partial charge is 0.238 e. The summed E-state index contributed by atoms with van der Waals surface area (Å²) >= 11 is 0. The average molecular weight is 315 g/mol. The summed E-state index contributed by atoms with van der Waals surface area (Å²) in [4.78, 5) is 7.98. The number of nitrogens with one attached hydrogen (secondary N) is 1. The van der Waals surface area contributed by atoms with E-state index in [2.05, 4.69) is 19.8 Å². The van der Waals surface area contributed by atoms with Crippen LogP contribution < -0.4 is 4.72 Å². The van der Waals surface area contributed by atoms with E-state index in [1.165, 1.54) is 17.1 Å². The van der Waals surface area contributed by atoms with Gasteiger partial charge in [-0.1, -0.05) is 30.3 Å². The fourth-order valence-electron chi connectivity index (χ4n) is 1.92. The van der Waals surface area contributed by atoms with Crippen molar-refractivity contribution in [2.24, 2.45) is 0 Å². The summed E-state index contributed by atoms with van der Waals surface area (Å²) in [5, 5.41) is 4.04. The van der Waals surface area contributed by atoms with E-state index in [1.54, 1.807) is 42.7 Å². The minimum absolute atomic E-state index is 0.116. The Hall–Kier alpha value is -2.74. The van der Waals surface area contributed by atoms with Gasteiger partial charge in [0.25, 0.3) is 0 Å². The van der Waals surface area contributed by atoms with Crippen LogP contribution in [-0.2, 0) is 15.8 Å². The molecule has 22 heavy (non-hydrogen) atoms. The van der Waals surface area contributed by atoms with Gasteiger partial charge in [-0.05, 0) is 11.6 Å². The minimum atomic E-state index is -3.54. The van der Waals surface area contributed by atoms with Crippen molar-refractivity contribution in [2.75, 3.05) is 4.72 Å². The van der Waals surface area contributed by atoms with Crippen LogP contribution in [0.1, 0.15) is 5.56 Å². The Kier molecular flexibility index (Phi) is 3.84. The van der Waals surface area contributed by atoms with Crippen LogP contribution in [0.4, 0.5) is 5.82 Å². The summed E-state index contributed by atoms with van der Waals surface area (Å²) in [7, 11) is -3.54. The fourth-order valence-corrected chi connectivity index (χ4v) is 3.06. The summed E-state index contributed by atoms with van der Waals surface area (Å²) in [5.41, 5.74) is 0.705. The molecule has 0 saturated carbocycles. The topological polar surface area (TPSA) is 89.8 Å². The number of hydrogen-bond acceptors (Lipinski definition) is 5. The minimum Gasteiger partial charge on any atom is -0.267 e. The van der Waals surface area contributed by atoms with E-state index in [0.717, 1.165) is 0 Å². The van der Waals surface area contributed by atoms with E-state index in [-0.39, 0.29) is 11.6 Å². The molecule has 0 bridgehead atoms. The molecular weight excluding hydrogens is 302 g/mol. The molecule has 3 aromatic rings. The van der Waals surface area contributed by atoms with Crippen LogP contribution >= 0.6 is 0 Å². The van der Waals surface area contributed by atoms with Gasteiger partial charge in [-0.25, -0.2) is 23.1 Å². The molecule has 0 saturated heterocycles. The highest BCUT2D eigenvalue weighted by Crippen LogP contribution is 2.12. The fraction of sp³-hybridized carbons (Fsp3) is 0.0714. The van der Waals surface area contributed by atoms with E-state index in [4.69, 9.17) is 0 Å². The van der Waals surface area contributed by atoms with Crippen molar-refractivity contribution < 1.29 is 8.42 Å². The third kappa shape index (κ3) is 3.47. The lowest BCUT2D eigenvalue weighted by Crippen LogP contribution is -2.16. The molecule has 0 spiro atoms. The number of rotatable bonds is 5. The number of aromatic nitrogens is 4. The molecule has 0 atom stereocenters. The van der Waals surface area contributed by atoms with Gasteiger partial charge in [0, 0.05) is 18.5 Å². The third-order valence-corrected chi connectivity index (χ3v) is 4.08. The van der Waals surface area contributed by atoms with Crippen molar-refractivity contribution in [3.8, 4) is 5.82 Å². The molecule has 0 aliphatic carbocycles. The average Bonchev–Trinajstić information content (AvgIpc) is 3.02. The summed E-state index contributed by atoms with van der Waals surface area (Å²) in [6.07, 6.45) is 4.61. The molecule has 0 aliphatic rings. The molecule has 1 aromatic carbocycles. The van der Waals surface area contributed by atoms with E-state index >= 15 is 0 Å². The summed E-state index contributed by atoms with van der Waals surface area (Å²) in [6.45, 7) is 0. The second-order valence-corrected chi connectivity index (χ2v) is 6.28. The quantitative estimate of drug-likeness (QED) is 0.772. The Balaban J connectivity index is 1.79. The molecule has 0 aliphatic heterocycles. The molecule has 0 unspecified atom stereocenters. The van der Waals surface area contributed by atoms with Crippen LogP contribution in [0.5, 0.6) is 0 Å². The highest BCUT2D eigenvalue weighted by molar-refractivity contribution is 7.91. The highest BCUT2D eigenvalue weighted by atomic mass is 32.2. The summed E-state index contributed by atoms with van der Waals surface area (Å²) < 4.78 is 28.3. The molecule has 112 valence electrons. The van der Waals surface area contributed by atoms with Crippen molar-refractivity contribution in [1.82, 2.24) is 19.7 Å². The Morgan fingerprint density at radius 1 is 1.09 bits per heavy atom. The molecule has 2 heterocycles. The number of anilines is 1. The normalized spacial score (nSPS) is 11.3. The van der Waals surface area contributed by atoms with E-state index in [0.29, 0.717) is 11.4 Å². The van der Waals surface area contributed by atoms with Gasteiger partial charge in [0.1, 0.15) is 12.1 Å². The summed E-state index contributed by atoms with van der Waals surface area (Å²) in [6, 6.07) is 12.2. The van der Waals surface area contributed by atoms with Gasteiger partial charge in [0.15, 0.2) is 5.82 Å². The monoisotopic (exact) mass is 315 g/mol. The van der Waals surface area contributed by atoms with Crippen LogP contribution in [0.25, 0.3) is 5.82 Å². The van der Waals surface area contributed by atoms with E-state index in [9.17, 15) is 8.42 Å². The predicted molar refractivity (Wildman–Crippen MR) is 81.8 cm³/mol. The van der Waals surface area contributed by atoms with Gasteiger partial charge in [-0.2, -0.15) is 5.10 Å². The maximum atomic E-state index is 12.2. The van der Waals surface area contributed by atoms with Crippen LogP contribution in [-0.4, -0.2) is 28.2 Å². The molecule has 8 heteroatoms. The van der Waals surface area contributed by atoms with E-state index < -0.39 is 10.0 Å². The molecule has 3 rings (SSSR count). The Morgan fingerprint density at radius 2 is 1.91 bits per heavy atom. The first-order chi connectivity index (χ1) is 10.6. The van der Waals surface area contributed by atoms with Crippen LogP contribution in [0.15, 0.2) is 61.2 Å². The van der Waals surface area contributed by atoms with Crippen molar-refractivity contribution in [3.63, 3.8) is 0 Å². The van der Waals surface area contributed by atoms with Gasteiger partial charge >= 0.3 is 0 Å². The number of nitrogens with zero attached hydrogens (tertiary/aromatic N) is 4.